The number of fused-ring (bicyclic) bond motifs is 3. The van der Waals surface area contributed by atoms with Crippen LogP contribution in [0.15, 0.2) is 57.8 Å². The molecule has 0 saturated carbocycles. The molecule has 0 aliphatic carbocycles. The lowest BCUT2D eigenvalue weighted by atomic mass is 10.0. The van der Waals surface area contributed by atoms with E-state index in [-0.39, 0.29) is 5.63 Å². The fourth-order valence-corrected chi connectivity index (χ4v) is 2.42. The van der Waals surface area contributed by atoms with E-state index in [4.69, 9.17) is 9.15 Å². The van der Waals surface area contributed by atoms with Crippen LogP contribution in [0.3, 0.4) is 0 Å². The molecular formula is C18H16O3. The molecule has 0 spiro atoms. The second-order valence-electron chi connectivity index (χ2n) is 5.25. The Morgan fingerprint density at radius 1 is 1.14 bits per heavy atom. The minimum Gasteiger partial charge on any atom is -0.489 e. The minimum atomic E-state index is -0.321. The predicted molar refractivity (Wildman–Crippen MR) is 85.0 cm³/mol. The second kappa shape index (κ2) is 5.09. The topological polar surface area (TPSA) is 39.4 Å². The van der Waals surface area contributed by atoms with E-state index >= 15 is 0 Å². The molecule has 0 saturated heterocycles. The van der Waals surface area contributed by atoms with Crippen molar-refractivity contribution in [1.29, 1.82) is 0 Å². The molecular weight excluding hydrogens is 264 g/mol. The molecule has 0 bridgehead atoms. The van der Waals surface area contributed by atoms with Crippen molar-refractivity contribution >= 4 is 21.7 Å². The Labute approximate surface area is 122 Å². The molecule has 21 heavy (non-hydrogen) atoms. The fraction of sp³-hybridized carbons (Fsp3) is 0.167. The molecule has 3 aromatic rings. The summed E-state index contributed by atoms with van der Waals surface area (Å²) in [5, 5.41) is 2.42. The minimum absolute atomic E-state index is 0.321. The molecule has 3 nitrogen and oxygen atoms in total. The van der Waals surface area contributed by atoms with Crippen molar-refractivity contribution in [2.75, 3.05) is 6.61 Å². The second-order valence-corrected chi connectivity index (χ2v) is 5.25. The predicted octanol–water partition coefficient (Wildman–Crippen LogP) is 4.21. The maximum absolute atomic E-state index is 12.1. The Hall–Kier alpha value is -2.55. The van der Waals surface area contributed by atoms with Gasteiger partial charge in [-0.3, -0.25) is 0 Å². The molecule has 0 radical (unpaired) electrons. The first-order chi connectivity index (χ1) is 10.1. The van der Waals surface area contributed by atoms with E-state index in [1.165, 1.54) is 0 Å². The third-order valence-electron chi connectivity index (χ3n) is 3.46. The van der Waals surface area contributed by atoms with Gasteiger partial charge in [0.15, 0.2) is 0 Å². The van der Waals surface area contributed by atoms with Crippen LogP contribution in [0, 0.1) is 6.92 Å². The Bertz CT molecular complexity index is 903. The number of rotatable bonds is 3. The summed E-state index contributed by atoms with van der Waals surface area (Å²) in [4.78, 5) is 12.1. The number of hydrogen-bond donors (Lipinski definition) is 0. The first kappa shape index (κ1) is 13.4. The highest BCUT2D eigenvalue weighted by atomic mass is 16.5. The Morgan fingerprint density at radius 3 is 2.57 bits per heavy atom. The highest BCUT2D eigenvalue weighted by Gasteiger charge is 2.12. The van der Waals surface area contributed by atoms with Crippen molar-refractivity contribution in [1.82, 2.24) is 0 Å². The van der Waals surface area contributed by atoms with Gasteiger partial charge in [-0.1, -0.05) is 24.8 Å². The molecule has 2 aromatic carbocycles. The first-order valence-corrected chi connectivity index (χ1v) is 6.80. The van der Waals surface area contributed by atoms with Crippen molar-refractivity contribution in [2.24, 2.45) is 0 Å². The van der Waals surface area contributed by atoms with Gasteiger partial charge in [0.25, 0.3) is 0 Å². The number of aryl methyl sites for hydroxylation is 1. The third kappa shape index (κ3) is 2.31. The molecule has 106 valence electrons. The maximum atomic E-state index is 12.1. The van der Waals surface area contributed by atoms with Crippen molar-refractivity contribution in [3.8, 4) is 5.75 Å². The summed E-state index contributed by atoms with van der Waals surface area (Å²) in [6.45, 7) is 8.07. The summed E-state index contributed by atoms with van der Waals surface area (Å²) in [6.07, 6.45) is 0. The van der Waals surface area contributed by atoms with E-state index in [1.54, 1.807) is 6.07 Å². The van der Waals surface area contributed by atoms with Gasteiger partial charge in [0.1, 0.15) is 17.9 Å². The van der Waals surface area contributed by atoms with Gasteiger partial charge in [-0.05, 0) is 43.0 Å². The largest absolute Gasteiger partial charge is 0.489 e. The summed E-state index contributed by atoms with van der Waals surface area (Å²) in [5.41, 5.74) is 2.03. The van der Waals surface area contributed by atoms with Crippen molar-refractivity contribution < 1.29 is 9.15 Å². The van der Waals surface area contributed by atoms with Crippen LogP contribution >= 0.6 is 0 Å². The SMILES string of the molecule is C=C(C)COc1ccc2c(oc(=O)c3ccccc32)c1C. The van der Waals surface area contributed by atoms with Gasteiger partial charge in [0.2, 0.25) is 0 Å². The van der Waals surface area contributed by atoms with E-state index in [2.05, 4.69) is 6.58 Å². The summed E-state index contributed by atoms with van der Waals surface area (Å²) in [5.74, 6) is 0.712. The van der Waals surface area contributed by atoms with Crippen LogP contribution in [0.1, 0.15) is 12.5 Å². The highest BCUT2D eigenvalue weighted by Crippen LogP contribution is 2.30. The number of hydrogen-bond acceptors (Lipinski definition) is 3. The van der Waals surface area contributed by atoms with Crippen molar-refractivity contribution in [2.45, 2.75) is 13.8 Å². The van der Waals surface area contributed by atoms with E-state index in [0.717, 1.165) is 21.9 Å². The van der Waals surface area contributed by atoms with Gasteiger partial charge in [0.05, 0.1) is 5.39 Å². The summed E-state index contributed by atoms with van der Waals surface area (Å²) in [7, 11) is 0. The van der Waals surface area contributed by atoms with Crippen LogP contribution in [0.2, 0.25) is 0 Å². The third-order valence-corrected chi connectivity index (χ3v) is 3.46. The van der Waals surface area contributed by atoms with Crippen molar-refractivity contribution in [3.63, 3.8) is 0 Å². The lowest BCUT2D eigenvalue weighted by molar-refractivity contribution is 0.350. The number of ether oxygens (including phenoxy) is 1. The molecule has 0 aliphatic rings. The van der Waals surface area contributed by atoms with Gasteiger partial charge in [-0.2, -0.15) is 0 Å². The normalized spacial score (nSPS) is 11.0. The molecule has 3 heteroatoms. The Morgan fingerprint density at radius 2 is 1.86 bits per heavy atom. The standard InChI is InChI=1S/C18H16O3/c1-11(2)10-20-16-9-8-14-13-6-4-5-7-15(13)18(19)21-17(14)12(16)3/h4-9H,1,10H2,2-3H3. The van der Waals surface area contributed by atoms with Crippen LogP contribution in [0.25, 0.3) is 21.7 Å². The fourth-order valence-electron chi connectivity index (χ4n) is 2.42. The highest BCUT2D eigenvalue weighted by molar-refractivity contribution is 6.05. The molecule has 0 aliphatic heterocycles. The van der Waals surface area contributed by atoms with Gasteiger partial charge in [0, 0.05) is 10.9 Å². The van der Waals surface area contributed by atoms with E-state index in [0.29, 0.717) is 23.3 Å². The lowest BCUT2D eigenvalue weighted by Crippen LogP contribution is -2.03. The average Bonchev–Trinajstić information content (AvgIpc) is 2.47. The van der Waals surface area contributed by atoms with E-state index < -0.39 is 0 Å². The van der Waals surface area contributed by atoms with Crippen LogP contribution in [-0.2, 0) is 0 Å². The maximum Gasteiger partial charge on any atom is 0.344 e. The van der Waals surface area contributed by atoms with Gasteiger partial charge in [-0.15, -0.1) is 0 Å². The van der Waals surface area contributed by atoms with Crippen LogP contribution < -0.4 is 10.4 Å². The summed E-state index contributed by atoms with van der Waals surface area (Å²) in [6, 6.07) is 11.3. The quantitative estimate of drug-likeness (QED) is 0.410. The molecule has 0 amide bonds. The molecule has 0 atom stereocenters. The first-order valence-electron chi connectivity index (χ1n) is 6.80. The lowest BCUT2D eigenvalue weighted by Gasteiger charge is -2.11. The molecule has 0 N–H and O–H groups in total. The summed E-state index contributed by atoms with van der Waals surface area (Å²) >= 11 is 0. The zero-order valence-electron chi connectivity index (χ0n) is 12.1. The van der Waals surface area contributed by atoms with Crippen molar-refractivity contribution in [3.05, 3.63) is 64.5 Å². The Balaban J connectivity index is 2.27. The summed E-state index contributed by atoms with van der Waals surface area (Å²) < 4.78 is 11.2. The van der Waals surface area contributed by atoms with Crippen LogP contribution in [-0.4, -0.2) is 6.61 Å². The Kier molecular flexibility index (Phi) is 3.26. The zero-order chi connectivity index (χ0) is 15.0. The van der Waals surface area contributed by atoms with E-state index in [1.807, 2.05) is 44.2 Å². The monoisotopic (exact) mass is 280 g/mol. The zero-order valence-corrected chi connectivity index (χ0v) is 12.1. The van der Waals surface area contributed by atoms with Gasteiger partial charge >= 0.3 is 5.63 Å². The van der Waals surface area contributed by atoms with Crippen LogP contribution in [0.5, 0.6) is 5.75 Å². The molecule has 0 unspecified atom stereocenters. The van der Waals surface area contributed by atoms with Gasteiger partial charge in [-0.25, -0.2) is 4.79 Å². The smallest absolute Gasteiger partial charge is 0.344 e. The average molecular weight is 280 g/mol. The molecule has 0 fully saturated rings. The van der Waals surface area contributed by atoms with E-state index in [9.17, 15) is 4.79 Å². The molecule has 3 rings (SSSR count). The van der Waals surface area contributed by atoms with Gasteiger partial charge < -0.3 is 9.15 Å². The number of benzene rings is 2. The van der Waals surface area contributed by atoms with Crippen LogP contribution in [0.4, 0.5) is 0 Å². The molecule has 1 aromatic heterocycles. The molecule has 1 heterocycles.